The lowest BCUT2D eigenvalue weighted by atomic mass is 10.0. The first-order chi connectivity index (χ1) is 16.4. The number of fused-ring (bicyclic) bond motifs is 1. The Labute approximate surface area is 197 Å². The van der Waals surface area contributed by atoms with Crippen LogP contribution in [0.4, 0.5) is 11.4 Å². The summed E-state index contributed by atoms with van der Waals surface area (Å²) in [6.07, 6.45) is 0.689. The van der Waals surface area contributed by atoms with Crippen LogP contribution in [0, 0.1) is 17.0 Å². The van der Waals surface area contributed by atoms with Crippen molar-refractivity contribution < 1.29 is 19.2 Å². The molecule has 0 atom stereocenters. The van der Waals surface area contributed by atoms with Gasteiger partial charge < -0.3 is 14.5 Å². The van der Waals surface area contributed by atoms with Gasteiger partial charge in [0.15, 0.2) is 6.61 Å². The molecule has 0 spiro atoms. The first kappa shape index (κ1) is 23.2. The summed E-state index contributed by atoms with van der Waals surface area (Å²) in [4.78, 5) is 44.5. The molecule has 2 heterocycles. The van der Waals surface area contributed by atoms with E-state index in [0.717, 1.165) is 22.5 Å². The number of anilines is 1. The van der Waals surface area contributed by atoms with Crippen molar-refractivity contribution in [1.82, 2.24) is 9.88 Å². The third-order valence-corrected chi connectivity index (χ3v) is 6.16. The Hall–Kier alpha value is -4.01. The molecule has 1 aromatic heterocycles. The van der Waals surface area contributed by atoms with Crippen LogP contribution in [0.2, 0.25) is 0 Å². The van der Waals surface area contributed by atoms with Crippen molar-refractivity contribution in [3.63, 3.8) is 0 Å². The standard InChI is InChI=1S/C25H26N4O5/c1-3-21-17(2)24(20-6-4-5-7-22(20)26-21)25(31)34-16-23(30)28-14-12-27(13-15-28)18-8-10-19(11-9-18)29(32)33/h4-11H,3,12-16H2,1-2H3. The van der Waals surface area contributed by atoms with Crippen molar-refractivity contribution in [1.29, 1.82) is 0 Å². The van der Waals surface area contributed by atoms with Gasteiger partial charge in [-0.1, -0.05) is 25.1 Å². The number of carbonyl (C=O) groups is 2. The fourth-order valence-electron chi connectivity index (χ4n) is 4.26. The zero-order valence-corrected chi connectivity index (χ0v) is 19.2. The first-order valence-corrected chi connectivity index (χ1v) is 11.2. The van der Waals surface area contributed by atoms with E-state index in [1.54, 1.807) is 17.0 Å². The number of esters is 1. The molecule has 34 heavy (non-hydrogen) atoms. The first-order valence-electron chi connectivity index (χ1n) is 11.2. The van der Waals surface area contributed by atoms with Crippen molar-refractivity contribution in [2.75, 3.05) is 37.7 Å². The van der Waals surface area contributed by atoms with Gasteiger partial charge in [-0.25, -0.2) is 4.79 Å². The Kier molecular flexibility index (Phi) is 6.72. The number of aromatic nitrogens is 1. The summed E-state index contributed by atoms with van der Waals surface area (Å²) in [6, 6.07) is 13.8. The zero-order chi connectivity index (χ0) is 24.2. The van der Waals surface area contributed by atoms with E-state index in [1.165, 1.54) is 12.1 Å². The lowest BCUT2D eigenvalue weighted by Gasteiger charge is -2.36. The lowest BCUT2D eigenvalue weighted by molar-refractivity contribution is -0.384. The number of amides is 1. The average Bonchev–Trinajstić information content (AvgIpc) is 2.86. The molecule has 0 N–H and O–H groups in total. The predicted molar refractivity (Wildman–Crippen MR) is 128 cm³/mol. The molecule has 1 saturated heterocycles. The number of rotatable bonds is 6. The van der Waals surface area contributed by atoms with E-state index in [0.29, 0.717) is 43.5 Å². The number of nitrogens with zero attached hydrogens (tertiary/aromatic N) is 4. The van der Waals surface area contributed by atoms with Gasteiger partial charge in [-0.3, -0.25) is 19.9 Å². The van der Waals surface area contributed by atoms with Crippen LogP contribution in [0.15, 0.2) is 48.5 Å². The smallest absolute Gasteiger partial charge is 0.339 e. The molecule has 9 nitrogen and oxygen atoms in total. The largest absolute Gasteiger partial charge is 0.452 e. The minimum absolute atomic E-state index is 0.0441. The molecule has 1 amide bonds. The molecule has 2 aromatic carbocycles. The summed E-state index contributed by atoms with van der Waals surface area (Å²) in [5.41, 5.74) is 3.71. The second-order valence-electron chi connectivity index (χ2n) is 8.15. The number of nitro benzene ring substituents is 1. The molecular formula is C25H26N4O5. The maximum absolute atomic E-state index is 13.0. The number of nitro groups is 1. The van der Waals surface area contributed by atoms with Crippen molar-refractivity contribution >= 4 is 34.2 Å². The molecule has 1 fully saturated rings. The van der Waals surface area contributed by atoms with Gasteiger partial charge in [-0.05, 0) is 37.1 Å². The summed E-state index contributed by atoms with van der Waals surface area (Å²) in [7, 11) is 0. The molecule has 4 rings (SSSR count). The van der Waals surface area contributed by atoms with Crippen molar-refractivity contribution in [3.05, 3.63) is 75.5 Å². The highest BCUT2D eigenvalue weighted by atomic mass is 16.6. The lowest BCUT2D eigenvalue weighted by Crippen LogP contribution is -2.49. The third-order valence-electron chi connectivity index (χ3n) is 6.16. The van der Waals surface area contributed by atoms with Gasteiger partial charge in [0.1, 0.15) is 0 Å². The monoisotopic (exact) mass is 462 g/mol. The SMILES string of the molecule is CCc1nc2ccccc2c(C(=O)OCC(=O)N2CCN(c3ccc([N+](=O)[O-])cc3)CC2)c1C. The number of hydrogen-bond donors (Lipinski definition) is 0. The summed E-state index contributed by atoms with van der Waals surface area (Å²) in [5.74, 6) is -0.771. The Balaban J connectivity index is 1.37. The second kappa shape index (κ2) is 9.86. The van der Waals surface area contributed by atoms with Crippen LogP contribution < -0.4 is 4.90 Å². The molecule has 0 bridgehead atoms. The quantitative estimate of drug-likeness (QED) is 0.313. The zero-order valence-electron chi connectivity index (χ0n) is 19.2. The van der Waals surface area contributed by atoms with Crippen LogP contribution in [0.3, 0.4) is 0 Å². The number of piperazine rings is 1. The molecule has 176 valence electrons. The second-order valence-corrected chi connectivity index (χ2v) is 8.15. The van der Waals surface area contributed by atoms with E-state index in [1.807, 2.05) is 38.1 Å². The van der Waals surface area contributed by atoms with Crippen LogP contribution in [0.5, 0.6) is 0 Å². The highest BCUT2D eigenvalue weighted by Crippen LogP contribution is 2.25. The molecule has 0 saturated carbocycles. The molecule has 3 aromatic rings. The average molecular weight is 463 g/mol. The predicted octanol–water partition coefficient (Wildman–Crippen LogP) is 3.52. The Morgan fingerprint density at radius 3 is 2.38 bits per heavy atom. The molecular weight excluding hydrogens is 436 g/mol. The number of ether oxygens (including phenoxy) is 1. The Morgan fingerprint density at radius 2 is 1.74 bits per heavy atom. The summed E-state index contributed by atoms with van der Waals surface area (Å²) < 4.78 is 5.44. The highest BCUT2D eigenvalue weighted by Gasteiger charge is 2.24. The Morgan fingerprint density at radius 1 is 1.06 bits per heavy atom. The number of benzene rings is 2. The molecule has 1 aliphatic rings. The molecule has 0 radical (unpaired) electrons. The maximum Gasteiger partial charge on any atom is 0.339 e. The van der Waals surface area contributed by atoms with Gasteiger partial charge >= 0.3 is 5.97 Å². The topological polar surface area (TPSA) is 106 Å². The summed E-state index contributed by atoms with van der Waals surface area (Å²) >= 11 is 0. The number of hydrogen-bond acceptors (Lipinski definition) is 7. The van der Waals surface area contributed by atoms with Gasteiger partial charge in [-0.15, -0.1) is 0 Å². The Bertz CT molecular complexity index is 1230. The molecule has 0 unspecified atom stereocenters. The molecule has 1 aliphatic heterocycles. The normalized spacial score (nSPS) is 13.7. The highest BCUT2D eigenvalue weighted by molar-refractivity contribution is 6.05. The van der Waals surface area contributed by atoms with E-state index in [2.05, 4.69) is 9.88 Å². The maximum atomic E-state index is 13.0. The molecule has 0 aliphatic carbocycles. The van der Waals surface area contributed by atoms with Crippen molar-refractivity contribution in [2.45, 2.75) is 20.3 Å². The third kappa shape index (κ3) is 4.68. The number of carbonyl (C=O) groups excluding carboxylic acids is 2. The summed E-state index contributed by atoms with van der Waals surface area (Å²) in [5, 5.41) is 11.5. The van der Waals surface area contributed by atoms with Crippen LogP contribution in [0.1, 0.15) is 28.5 Å². The van der Waals surface area contributed by atoms with Crippen LogP contribution in [-0.4, -0.2) is 59.5 Å². The summed E-state index contributed by atoms with van der Waals surface area (Å²) in [6.45, 7) is 5.65. The number of aryl methyl sites for hydroxylation is 1. The minimum atomic E-state index is -0.524. The van der Waals surface area contributed by atoms with Crippen LogP contribution in [-0.2, 0) is 16.0 Å². The number of para-hydroxylation sites is 1. The van der Waals surface area contributed by atoms with Gasteiger partial charge in [0.05, 0.1) is 16.0 Å². The van der Waals surface area contributed by atoms with Crippen LogP contribution in [0.25, 0.3) is 10.9 Å². The molecule has 9 heteroatoms. The fraction of sp³-hybridized carbons (Fsp3) is 0.320. The van der Waals surface area contributed by atoms with E-state index in [4.69, 9.17) is 4.74 Å². The minimum Gasteiger partial charge on any atom is -0.452 e. The van der Waals surface area contributed by atoms with Gasteiger partial charge in [0, 0.05) is 55.1 Å². The van der Waals surface area contributed by atoms with Gasteiger partial charge in [0.2, 0.25) is 0 Å². The van der Waals surface area contributed by atoms with Gasteiger partial charge in [-0.2, -0.15) is 0 Å². The number of pyridine rings is 1. The van der Waals surface area contributed by atoms with E-state index < -0.39 is 10.9 Å². The van der Waals surface area contributed by atoms with E-state index in [9.17, 15) is 19.7 Å². The van der Waals surface area contributed by atoms with Crippen molar-refractivity contribution in [2.24, 2.45) is 0 Å². The van der Waals surface area contributed by atoms with Crippen LogP contribution >= 0.6 is 0 Å². The van der Waals surface area contributed by atoms with Crippen molar-refractivity contribution in [3.8, 4) is 0 Å². The fourth-order valence-corrected chi connectivity index (χ4v) is 4.26. The van der Waals surface area contributed by atoms with E-state index >= 15 is 0 Å². The van der Waals surface area contributed by atoms with E-state index in [-0.39, 0.29) is 18.2 Å². The number of non-ortho nitro benzene ring substituents is 1. The van der Waals surface area contributed by atoms with Gasteiger partial charge in [0.25, 0.3) is 11.6 Å².